The molecule has 20 heavy (non-hydrogen) atoms. The van der Waals surface area contributed by atoms with E-state index in [-0.39, 0.29) is 0 Å². The van der Waals surface area contributed by atoms with E-state index in [9.17, 15) is 0 Å². The fourth-order valence-electron chi connectivity index (χ4n) is 2.32. The van der Waals surface area contributed by atoms with Crippen LogP contribution in [-0.4, -0.2) is 41.2 Å². The van der Waals surface area contributed by atoms with Gasteiger partial charge in [-0.15, -0.1) is 0 Å². The normalized spacial score (nSPS) is 17.1. The molecular weight excluding hydrogens is 276 g/mol. The Balaban J connectivity index is 1.72. The molecule has 1 aromatic heterocycles. The molecule has 1 aromatic carbocycles. The predicted octanol–water partition coefficient (Wildman–Crippen LogP) is 2.19. The molecule has 0 bridgehead atoms. The van der Waals surface area contributed by atoms with Crippen molar-refractivity contribution in [3.05, 3.63) is 35.1 Å². The van der Waals surface area contributed by atoms with E-state index >= 15 is 0 Å². The Bertz CT molecular complexity index is 564. The minimum atomic E-state index is 0.485. The topological polar surface area (TPSA) is 54.2 Å². The lowest BCUT2D eigenvalue weighted by Gasteiger charge is -2.16. The molecule has 1 fully saturated rings. The SMILES string of the molecule is Clc1ccccc1-c1nc(CN2CCCNCC2)no1. The van der Waals surface area contributed by atoms with E-state index in [0.717, 1.165) is 44.7 Å². The zero-order valence-electron chi connectivity index (χ0n) is 11.2. The van der Waals surface area contributed by atoms with E-state index in [1.165, 1.54) is 0 Å². The van der Waals surface area contributed by atoms with E-state index in [1.807, 2.05) is 24.3 Å². The first-order valence-corrected chi connectivity index (χ1v) is 7.21. The van der Waals surface area contributed by atoms with Crippen LogP contribution in [0.2, 0.25) is 5.02 Å². The summed E-state index contributed by atoms with van der Waals surface area (Å²) in [7, 11) is 0. The highest BCUT2D eigenvalue weighted by atomic mass is 35.5. The van der Waals surface area contributed by atoms with Gasteiger partial charge < -0.3 is 9.84 Å². The molecule has 2 heterocycles. The molecule has 0 radical (unpaired) electrons. The molecule has 3 rings (SSSR count). The summed E-state index contributed by atoms with van der Waals surface area (Å²) >= 11 is 6.14. The van der Waals surface area contributed by atoms with Crippen molar-refractivity contribution >= 4 is 11.6 Å². The molecule has 0 saturated carbocycles. The van der Waals surface area contributed by atoms with Crippen LogP contribution < -0.4 is 5.32 Å². The summed E-state index contributed by atoms with van der Waals surface area (Å²) in [5.41, 5.74) is 0.783. The van der Waals surface area contributed by atoms with Crippen molar-refractivity contribution < 1.29 is 4.52 Å². The van der Waals surface area contributed by atoms with E-state index < -0.39 is 0 Å². The van der Waals surface area contributed by atoms with Crippen molar-refractivity contribution in [2.45, 2.75) is 13.0 Å². The average molecular weight is 293 g/mol. The summed E-state index contributed by atoms with van der Waals surface area (Å²) in [4.78, 5) is 6.78. The molecule has 0 amide bonds. The largest absolute Gasteiger partial charge is 0.334 e. The van der Waals surface area contributed by atoms with Crippen LogP contribution in [0.1, 0.15) is 12.2 Å². The summed E-state index contributed by atoms with van der Waals surface area (Å²) < 4.78 is 5.32. The van der Waals surface area contributed by atoms with E-state index in [1.54, 1.807) is 0 Å². The molecule has 0 atom stereocenters. The van der Waals surface area contributed by atoms with Gasteiger partial charge in [-0.1, -0.05) is 28.9 Å². The van der Waals surface area contributed by atoms with E-state index in [0.29, 0.717) is 16.7 Å². The molecular formula is C14H17ClN4O. The second kappa shape index (κ2) is 6.35. The number of halogens is 1. The van der Waals surface area contributed by atoms with Gasteiger partial charge >= 0.3 is 0 Å². The van der Waals surface area contributed by atoms with Gasteiger partial charge in [0.2, 0.25) is 0 Å². The molecule has 1 N–H and O–H groups in total. The third-order valence-electron chi connectivity index (χ3n) is 3.37. The quantitative estimate of drug-likeness (QED) is 0.940. The highest BCUT2D eigenvalue weighted by Gasteiger charge is 2.15. The first kappa shape index (κ1) is 13.5. The molecule has 1 aliphatic heterocycles. The lowest BCUT2D eigenvalue weighted by Crippen LogP contribution is -2.28. The van der Waals surface area contributed by atoms with Crippen LogP contribution in [0.4, 0.5) is 0 Å². The fourth-order valence-corrected chi connectivity index (χ4v) is 2.54. The highest BCUT2D eigenvalue weighted by Crippen LogP contribution is 2.25. The number of hydrogen-bond acceptors (Lipinski definition) is 5. The standard InChI is InChI=1S/C14H17ClN4O/c15-12-5-2-1-4-11(12)14-17-13(18-20-14)10-19-8-3-6-16-7-9-19/h1-2,4-5,16H,3,6-10H2. The van der Waals surface area contributed by atoms with Crippen molar-refractivity contribution in [3.8, 4) is 11.5 Å². The number of aromatic nitrogens is 2. The minimum absolute atomic E-state index is 0.485. The fraction of sp³-hybridized carbons (Fsp3) is 0.429. The molecule has 1 aliphatic rings. The Hall–Kier alpha value is -1.43. The van der Waals surface area contributed by atoms with Gasteiger partial charge in [0.1, 0.15) is 0 Å². The van der Waals surface area contributed by atoms with Crippen LogP contribution in [0.3, 0.4) is 0 Å². The van der Waals surface area contributed by atoms with Crippen LogP contribution in [-0.2, 0) is 6.54 Å². The third-order valence-corrected chi connectivity index (χ3v) is 3.70. The Morgan fingerprint density at radius 1 is 1.25 bits per heavy atom. The predicted molar refractivity (Wildman–Crippen MR) is 77.5 cm³/mol. The van der Waals surface area contributed by atoms with Gasteiger partial charge in [0.05, 0.1) is 17.1 Å². The van der Waals surface area contributed by atoms with Gasteiger partial charge in [-0.3, -0.25) is 4.90 Å². The van der Waals surface area contributed by atoms with Crippen LogP contribution in [0.15, 0.2) is 28.8 Å². The second-order valence-electron chi connectivity index (χ2n) is 4.88. The van der Waals surface area contributed by atoms with Crippen LogP contribution >= 0.6 is 11.6 Å². The number of rotatable bonds is 3. The van der Waals surface area contributed by atoms with Crippen LogP contribution in [0, 0.1) is 0 Å². The summed E-state index contributed by atoms with van der Waals surface area (Å²) in [6, 6.07) is 7.50. The summed E-state index contributed by atoms with van der Waals surface area (Å²) in [5.74, 6) is 1.19. The maximum atomic E-state index is 6.14. The van der Waals surface area contributed by atoms with Crippen molar-refractivity contribution in [1.82, 2.24) is 20.4 Å². The summed E-state index contributed by atoms with van der Waals surface area (Å²) in [6.45, 7) is 4.87. The van der Waals surface area contributed by atoms with E-state index in [2.05, 4.69) is 20.4 Å². The molecule has 6 heteroatoms. The number of nitrogens with zero attached hydrogens (tertiary/aromatic N) is 3. The van der Waals surface area contributed by atoms with Crippen LogP contribution in [0.25, 0.3) is 11.5 Å². The van der Waals surface area contributed by atoms with Gasteiger partial charge in [-0.05, 0) is 31.6 Å². The van der Waals surface area contributed by atoms with Crippen molar-refractivity contribution in [2.24, 2.45) is 0 Å². The first-order chi connectivity index (χ1) is 9.83. The van der Waals surface area contributed by atoms with Gasteiger partial charge in [0.25, 0.3) is 5.89 Å². The molecule has 0 spiro atoms. The molecule has 106 valence electrons. The van der Waals surface area contributed by atoms with Crippen molar-refractivity contribution in [1.29, 1.82) is 0 Å². The summed E-state index contributed by atoms with van der Waals surface area (Å²) in [6.07, 6.45) is 1.15. The van der Waals surface area contributed by atoms with Gasteiger partial charge in [0.15, 0.2) is 5.82 Å². The molecule has 0 unspecified atom stereocenters. The molecule has 2 aromatic rings. The highest BCUT2D eigenvalue weighted by molar-refractivity contribution is 6.33. The Kier molecular flexibility index (Phi) is 4.30. The Morgan fingerprint density at radius 2 is 2.15 bits per heavy atom. The van der Waals surface area contributed by atoms with Crippen molar-refractivity contribution in [2.75, 3.05) is 26.2 Å². The third kappa shape index (κ3) is 3.17. The Morgan fingerprint density at radius 3 is 3.05 bits per heavy atom. The average Bonchev–Trinajstić information content (AvgIpc) is 2.75. The first-order valence-electron chi connectivity index (χ1n) is 6.83. The van der Waals surface area contributed by atoms with Crippen molar-refractivity contribution in [3.63, 3.8) is 0 Å². The molecule has 5 nitrogen and oxygen atoms in total. The zero-order chi connectivity index (χ0) is 13.8. The number of benzene rings is 1. The summed E-state index contributed by atoms with van der Waals surface area (Å²) in [5, 5.41) is 8.06. The minimum Gasteiger partial charge on any atom is -0.334 e. The van der Waals surface area contributed by atoms with Gasteiger partial charge in [-0.25, -0.2) is 0 Å². The van der Waals surface area contributed by atoms with E-state index in [4.69, 9.17) is 16.1 Å². The molecule has 1 saturated heterocycles. The number of nitrogens with one attached hydrogen (secondary N) is 1. The van der Waals surface area contributed by atoms with Crippen LogP contribution in [0.5, 0.6) is 0 Å². The molecule has 0 aliphatic carbocycles. The zero-order valence-corrected chi connectivity index (χ0v) is 11.9. The number of hydrogen-bond donors (Lipinski definition) is 1. The van der Waals surface area contributed by atoms with Gasteiger partial charge in [-0.2, -0.15) is 4.98 Å². The maximum Gasteiger partial charge on any atom is 0.259 e. The van der Waals surface area contributed by atoms with Gasteiger partial charge in [0, 0.05) is 13.1 Å². The lowest BCUT2D eigenvalue weighted by atomic mass is 10.2. The second-order valence-corrected chi connectivity index (χ2v) is 5.28. The lowest BCUT2D eigenvalue weighted by molar-refractivity contribution is 0.271. The Labute approximate surface area is 122 Å². The monoisotopic (exact) mass is 292 g/mol. The maximum absolute atomic E-state index is 6.14. The smallest absolute Gasteiger partial charge is 0.259 e.